The molecular formula is C25H23ClF3N3O5. The molecule has 2 heterocycles. The molecule has 0 N–H and O–H groups in total. The first-order valence-electron chi connectivity index (χ1n) is 11.5. The van der Waals surface area contributed by atoms with Crippen molar-refractivity contribution < 1.29 is 37.0 Å². The molecule has 0 saturated heterocycles. The average Bonchev–Trinajstić information content (AvgIpc) is 3.53. The Kier molecular flexibility index (Phi) is 8.01. The minimum atomic E-state index is -4.23. The minimum absolute atomic E-state index is 0.00594. The third kappa shape index (κ3) is 6.79. The van der Waals surface area contributed by atoms with Gasteiger partial charge in [0, 0.05) is 12.3 Å². The molecule has 1 aliphatic carbocycles. The summed E-state index contributed by atoms with van der Waals surface area (Å²) in [5.41, 5.74) is -0.805. The number of ether oxygens (including phenoxy) is 3. The van der Waals surface area contributed by atoms with Crippen molar-refractivity contribution in [2.45, 2.75) is 38.5 Å². The maximum Gasteiger partial charge on any atom is 0.394 e. The number of halogens is 4. The number of hydrogen-bond acceptors (Lipinski definition) is 7. The summed E-state index contributed by atoms with van der Waals surface area (Å²) in [4.78, 5) is 28.3. The zero-order valence-electron chi connectivity index (χ0n) is 19.5. The molecule has 0 bridgehead atoms. The molecule has 2 aromatic heterocycles. The quantitative estimate of drug-likeness (QED) is 0.241. The van der Waals surface area contributed by atoms with Crippen LogP contribution in [0.5, 0.6) is 5.88 Å². The van der Waals surface area contributed by atoms with Gasteiger partial charge in [0.2, 0.25) is 5.88 Å². The predicted octanol–water partition coefficient (Wildman–Crippen LogP) is 5.32. The van der Waals surface area contributed by atoms with Gasteiger partial charge in [-0.2, -0.15) is 13.2 Å². The number of carbonyl (C=O) groups is 2. The van der Waals surface area contributed by atoms with E-state index < -0.39 is 23.5 Å². The van der Waals surface area contributed by atoms with Gasteiger partial charge in [-0.1, -0.05) is 41.9 Å². The fraction of sp³-hybridized carbons (Fsp3) is 0.360. The summed E-state index contributed by atoms with van der Waals surface area (Å²) in [5.74, 6) is -0.880. The Hall–Kier alpha value is -3.60. The van der Waals surface area contributed by atoms with Gasteiger partial charge in [0.15, 0.2) is 5.82 Å². The van der Waals surface area contributed by atoms with Crippen LogP contribution in [0.1, 0.15) is 41.6 Å². The molecule has 8 nitrogen and oxygen atoms in total. The maximum absolute atomic E-state index is 13.0. The van der Waals surface area contributed by atoms with E-state index in [1.54, 1.807) is 0 Å². The van der Waals surface area contributed by atoms with E-state index >= 15 is 0 Å². The number of pyridine rings is 1. The first kappa shape index (κ1) is 26.5. The Morgan fingerprint density at radius 1 is 1.03 bits per heavy atom. The molecule has 0 spiro atoms. The van der Waals surface area contributed by atoms with Gasteiger partial charge >= 0.3 is 18.1 Å². The molecule has 1 fully saturated rings. The molecule has 3 aromatic rings. The largest absolute Gasteiger partial charge is 0.477 e. The molecule has 0 amide bonds. The highest BCUT2D eigenvalue weighted by Gasteiger charge is 2.62. The van der Waals surface area contributed by atoms with Crippen molar-refractivity contribution >= 4 is 23.5 Å². The Labute approximate surface area is 215 Å². The summed E-state index contributed by atoms with van der Waals surface area (Å²) in [5, 5.41) is 3.99. The van der Waals surface area contributed by atoms with Gasteiger partial charge in [0.05, 0.1) is 24.0 Å². The zero-order chi connectivity index (χ0) is 26.5. The summed E-state index contributed by atoms with van der Waals surface area (Å²) in [6.07, 6.45) is -2.75. The molecule has 1 saturated carbocycles. The van der Waals surface area contributed by atoms with E-state index in [4.69, 9.17) is 25.8 Å². The third-order valence-electron chi connectivity index (χ3n) is 5.92. The minimum Gasteiger partial charge on any atom is -0.477 e. The molecule has 0 radical (unpaired) electrons. The summed E-state index contributed by atoms with van der Waals surface area (Å²) >= 11 is 6.14. The van der Waals surface area contributed by atoms with E-state index in [-0.39, 0.29) is 67.9 Å². The van der Waals surface area contributed by atoms with Crippen LogP contribution in [0.25, 0.3) is 5.82 Å². The van der Waals surface area contributed by atoms with E-state index in [0.29, 0.717) is 0 Å². The standard InChI is InChI=1S/C25H23ClF3N3O5/c26-22-18(23(34)36-14-9-21(33)37-16-17-4-2-1-3-5-17)6-7-19(30-22)32-13-8-20(31-32)35-15-12-24(10-11-24)25(27,28)29/h1-8,13H,9-12,14-16H2. The lowest BCUT2D eigenvalue weighted by molar-refractivity contribution is -0.190. The number of benzene rings is 1. The summed E-state index contributed by atoms with van der Waals surface area (Å²) in [6.45, 7) is -0.186. The van der Waals surface area contributed by atoms with E-state index in [2.05, 4.69) is 10.1 Å². The van der Waals surface area contributed by atoms with Crippen LogP contribution >= 0.6 is 11.6 Å². The second kappa shape index (κ2) is 11.2. The first-order valence-corrected chi connectivity index (χ1v) is 11.8. The Morgan fingerprint density at radius 2 is 1.78 bits per heavy atom. The van der Waals surface area contributed by atoms with Gasteiger partial charge in [-0.05, 0) is 37.0 Å². The normalized spacial score (nSPS) is 14.2. The number of esters is 2. The van der Waals surface area contributed by atoms with Crippen molar-refractivity contribution in [3.63, 3.8) is 0 Å². The van der Waals surface area contributed by atoms with E-state index in [0.717, 1.165) is 5.56 Å². The lowest BCUT2D eigenvalue weighted by atomic mass is 10.0. The summed E-state index contributed by atoms with van der Waals surface area (Å²) in [7, 11) is 0. The molecule has 1 aromatic carbocycles. The second-order valence-electron chi connectivity index (χ2n) is 8.52. The smallest absolute Gasteiger partial charge is 0.394 e. The number of hydrogen-bond donors (Lipinski definition) is 0. The molecule has 1 aliphatic rings. The summed E-state index contributed by atoms with van der Waals surface area (Å²) < 4.78 is 56.0. The Bertz CT molecular complexity index is 1250. The topological polar surface area (TPSA) is 92.5 Å². The molecular weight excluding hydrogens is 515 g/mol. The highest BCUT2D eigenvalue weighted by molar-refractivity contribution is 6.32. The number of aromatic nitrogens is 3. The van der Waals surface area contributed by atoms with Crippen LogP contribution in [0.15, 0.2) is 54.7 Å². The highest BCUT2D eigenvalue weighted by Crippen LogP contribution is 2.59. The van der Waals surface area contributed by atoms with Crippen molar-refractivity contribution in [3.05, 3.63) is 71.0 Å². The number of nitrogens with zero attached hydrogens (tertiary/aromatic N) is 3. The molecule has 4 rings (SSSR count). The van der Waals surface area contributed by atoms with Crippen molar-refractivity contribution in [2.75, 3.05) is 13.2 Å². The van der Waals surface area contributed by atoms with Crippen molar-refractivity contribution in [1.29, 1.82) is 0 Å². The van der Waals surface area contributed by atoms with E-state index in [1.807, 2.05) is 30.3 Å². The van der Waals surface area contributed by atoms with Crippen LogP contribution in [0.3, 0.4) is 0 Å². The molecule has 12 heteroatoms. The molecule has 196 valence electrons. The molecule has 0 unspecified atom stereocenters. The SMILES string of the molecule is O=C(CCOC(=O)c1ccc(-n2ccc(OCCC3(C(F)(F)F)CC3)n2)nc1Cl)OCc1ccccc1. The number of carbonyl (C=O) groups excluding carboxylic acids is 2. The second-order valence-corrected chi connectivity index (χ2v) is 8.87. The monoisotopic (exact) mass is 537 g/mol. The molecule has 37 heavy (non-hydrogen) atoms. The third-order valence-corrected chi connectivity index (χ3v) is 6.21. The fourth-order valence-corrected chi connectivity index (χ4v) is 3.74. The van der Waals surface area contributed by atoms with Crippen LogP contribution in [0.4, 0.5) is 13.2 Å². The van der Waals surface area contributed by atoms with Crippen LogP contribution in [0.2, 0.25) is 5.15 Å². The maximum atomic E-state index is 13.0. The van der Waals surface area contributed by atoms with Crippen LogP contribution < -0.4 is 4.74 Å². The zero-order valence-corrected chi connectivity index (χ0v) is 20.3. The lowest BCUT2D eigenvalue weighted by Crippen LogP contribution is -2.26. The van der Waals surface area contributed by atoms with Crippen LogP contribution in [0, 0.1) is 5.41 Å². The van der Waals surface area contributed by atoms with E-state index in [9.17, 15) is 22.8 Å². The molecule has 0 atom stereocenters. The first-order chi connectivity index (χ1) is 17.7. The number of rotatable bonds is 11. The van der Waals surface area contributed by atoms with Gasteiger partial charge < -0.3 is 14.2 Å². The lowest BCUT2D eigenvalue weighted by Gasteiger charge is -2.18. The van der Waals surface area contributed by atoms with E-state index in [1.165, 1.54) is 29.1 Å². The van der Waals surface area contributed by atoms with Crippen molar-refractivity contribution in [3.8, 4) is 11.7 Å². The van der Waals surface area contributed by atoms with Crippen LogP contribution in [-0.2, 0) is 20.9 Å². The van der Waals surface area contributed by atoms with Crippen LogP contribution in [-0.4, -0.2) is 46.1 Å². The Morgan fingerprint density at radius 3 is 2.46 bits per heavy atom. The Balaban J connectivity index is 1.24. The van der Waals surface area contributed by atoms with Crippen molar-refractivity contribution in [1.82, 2.24) is 14.8 Å². The van der Waals surface area contributed by atoms with Gasteiger partial charge in [0.25, 0.3) is 0 Å². The van der Waals surface area contributed by atoms with Gasteiger partial charge in [-0.15, -0.1) is 5.10 Å². The van der Waals surface area contributed by atoms with Gasteiger partial charge in [0.1, 0.15) is 18.4 Å². The summed E-state index contributed by atoms with van der Waals surface area (Å²) in [6, 6.07) is 13.5. The fourth-order valence-electron chi connectivity index (χ4n) is 3.51. The van der Waals surface area contributed by atoms with Gasteiger partial charge in [-0.25, -0.2) is 14.5 Å². The highest BCUT2D eigenvalue weighted by atomic mass is 35.5. The predicted molar refractivity (Wildman–Crippen MR) is 125 cm³/mol. The van der Waals surface area contributed by atoms with Crippen molar-refractivity contribution in [2.24, 2.45) is 5.41 Å². The van der Waals surface area contributed by atoms with Gasteiger partial charge in [-0.3, -0.25) is 4.79 Å². The average molecular weight is 538 g/mol. The molecule has 0 aliphatic heterocycles. The number of alkyl halides is 3.